The van der Waals surface area contributed by atoms with Crippen molar-refractivity contribution in [2.75, 3.05) is 20.1 Å². The number of hydrogen-bond acceptors (Lipinski definition) is 2. The molecule has 0 aliphatic rings. The normalized spacial score (nSPS) is 13.9. The number of hydrogen-bond donors (Lipinski definition) is 1. The van der Waals surface area contributed by atoms with Gasteiger partial charge in [-0.3, -0.25) is 0 Å². The Morgan fingerprint density at radius 3 is 2.12 bits per heavy atom. The maximum atomic E-state index is 3.62. The maximum Gasteiger partial charge on any atom is 0.00388 e. The van der Waals surface area contributed by atoms with Crippen LogP contribution in [0.15, 0.2) is 0 Å². The molecule has 0 aliphatic heterocycles. The van der Waals surface area contributed by atoms with Gasteiger partial charge in [0.25, 0.3) is 0 Å². The average Bonchev–Trinajstić information content (AvgIpc) is 2.25. The summed E-state index contributed by atoms with van der Waals surface area (Å²) in [5.74, 6) is 0.832. The molecular weight excluding hydrogens is 208 g/mol. The third-order valence-corrected chi connectivity index (χ3v) is 3.49. The molecule has 2 heteroatoms. The van der Waals surface area contributed by atoms with E-state index < -0.39 is 0 Å². The summed E-state index contributed by atoms with van der Waals surface area (Å²) < 4.78 is 0. The molecule has 0 saturated heterocycles. The molecule has 1 unspecified atom stereocenters. The molecule has 0 bridgehead atoms. The highest BCUT2D eigenvalue weighted by Crippen LogP contribution is 2.06. The van der Waals surface area contributed by atoms with E-state index >= 15 is 0 Å². The van der Waals surface area contributed by atoms with E-state index in [4.69, 9.17) is 0 Å². The zero-order chi connectivity index (χ0) is 13.3. The lowest BCUT2D eigenvalue weighted by Gasteiger charge is -2.21. The first-order valence-electron chi connectivity index (χ1n) is 7.37. The third-order valence-electron chi connectivity index (χ3n) is 3.49. The van der Waals surface area contributed by atoms with Crippen molar-refractivity contribution in [3.8, 4) is 0 Å². The van der Waals surface area contributed by atoms with Crippen molar-refractivity contribution in [3.63, 3.8) is 0 Å². The molecule has 1 N–H and O–H groups in total. The maximum absolute atomic E-state index is 3.62. The van der Waals surface area contributed by atoms with Crippen LogP contribution in [0.25, 0.3) is 0 Å². The molecule has 1 atom stereocenters. The van der Waals surface area contributed by atoms with Gasteiger partial charge in [-0.25, -0.2) is 0 Å². The minimum Gasteiger partial charge on any atom is -0.314 e. The largest absolute Gasteiger partial charge is 0.314 e. The average molecular weight is 242 g/mol. The standard InChI is InChI=1S/C15H34N2/c1-13(2)9-10-15(5)16-11-7-8-12-17(6)14(3)4/h13-16H,7-12H2,1-6H3. The zero-order valence-electron chi connectivity index (χ0n) is 12.9. The summed E-state index contributed by atoms with van der Waals surface area (Å²) in [5, 5.41) is 3.62. The van der Waals surface area contributed by atoms with Crippen LogP contribution in [0, 0.1) is 5.92 Å². The Bertz CT molecular complexity index is 166. The third kappa shape index (κ3) is 10.8. The fraction of sp³-hybridized carbons (Fsp3) is 1.00. The van der Waals surface area contributed by atoms with Crippen LogP contribution in [-0.2, 0) is 0 Å². The number of nitrogens with zero attached hydrogens (tertiary/aromatic N) is 1. The first kappa shape index (κ1) is 16.9. The predicted molar refractivity (Wildman–Crippen MR) is 78.5 cm³/mol. The number of rotatable bonds is 10. The van der Waals surface area contributed by atoms with Gasteiger partial charge in [0.15, 0.2) is 0 Å². The molecular formula is C15H34N2. The van der Waals surface area contributed by atoms with Gasteiger partial charge in [0.2, 0.25) is 0 Å². The van der Waals surface area contributed by atoms with Gasteiger partial charge in [0, 0.05) is 12.1 Å². The van der Waals surface area contributed by atoms with E-state index in [0.717, 1.165) is 5.92 Å². The van der Waals surface area contributed by atoms with Crippen molar-refractivity contribution in [2.24, 2.45) is 5.92 Å². The molecule has 0 heterocycles. The van der Waals surface area contributed by atoms with Gasteiger partial charge in [-0.15, -0.1) is 0 Å². The molecule has 0 fully saturated rings. The number of nitrogens with one attached hydrogen (secondary N) is 1. The second kappa shape index (κ2) is 9.90. The summed E-state index contributed by atoms with van der Waals surface area (Å²) in [6.07, 6.45) is 5.25. The Hall–Kier alpha value is -0.0800. The molecule has 0 aromatic rings. The van der Waals surface area contributed by atoms with Gasteiger partial charge < -0.3 is 10.2 Å². The smallest absolute Gasteiger partial charge is 0.00388 e. The lowest BCUT2D eigenvalue weighted by atomic mass is 10.0. The van der Waals surface area contributed by atoms with Gasteiger partial charge in [0.1, 0.15) is 0 Å². The van der Waals surface area contributed by atoms with E-state index in [-0.39, 0.29) is 0 Å². The molecule has 2 nitrogen and oxygen atoms in total. The van der Waals surface area contributed by atoms with Crippen LogP contribution in [0.2, 0.25) is 0 Å². The van der Waals surface area contributed by atoms with E-state index in [1.807, 2.05) is 0 Å². The van der Waals surface area contributed by atoms with Gasteiger partial charge in [-0.05, 0) is 72.5 Å². The summed E-state index contributed by atoms with van der Waals surface area (Å²) in [6.45, 7) is 13.8. The van der Waals surface area contributed by atoms with E-state index in [2.05, 4.69) is 51.9 Å². The molecule has 0 aromatic heterocycles. The molecule has 104 valence electrons. The van der Waals surface area contributed by atoms with Gasteiger partial charge in [0.05, 0.1) is 0 Å². The first-order valence-corrected chi connectivity index (χ1v) is 7.37. The van der Waals surface area contributed by atoms with E-state index in [0.29, 0.717) is 12.1 Å². The van der Waals surface area contributed by atoms with Gasteiger partial charge in [-0.1, -0.05) is 13.8 Å². The fourth-order valence-electron chi connectivity index (χ4n) is 1.78. The van der Waals surface area contributed by atoms with E-state index in [1.165, 1.54) is 38.8 Å². The molecule has 0 saturated carbocycles. The second-order valence-electron chi connectivity index (χ2n) is 6.11. The Kier molecular flexibility index (Phi) is 9.85. The minimum atomic E-state index is 0.674. The lowest BCUT2D eigenvalue weighted by Crippen LogP contribution is -2.30. The van der Waals surface area contributed by atoms with Crippen LogP contribution in [0.5, 0.6) is 0 Å². The highest BCUT2D eigenvalue weighted by molar-refractivity contribution is 4.63. The van der Waals surface area contributed by atoms with Crippen molar-refractivity contribution in [1.82, 2.24) is 10.2 Å². The van der Waals surface area contributed by atoms with Crippen LogP contribution in [-0.4, -0.2) is 37.1 Å². The summed E-state index contributed by atoms with van der Waals surface area (Å²) >= 11 is 0. The molecule has 17 heavy (non-hydrogen) atoms. The Morgan fingerprint density at radius 2 is 1.59 bits per heavy atom. The van der Waals surface area contributed by atoms with Crippen molar-refractivity contribution in [3.05, 3.63) is 0 Å². The summed E-state index contributed by atoms with van der Waals surface area (Å²) in [7, 11) is 2.21. The van der Waals surface area contributed by atoms with Crippen molar-refractivity contribution in [1.29, 1.82) is 0 Å². The zero-order valence-corrected chi connectivity index (χ0v) is 12.9. The van der Waals surface area contributed by atoms with E-state index in [9.17, 15) is 0 Å². The Labute approximate surface area is 109 Å². The summed E-state index contributed by atoms with van der Waals surface area (Å²) in [4.78, 5) is 2.42. The van der Waals surface area contributed by atoms with Crippen molar-refractivity contribution in [2.45, 2.75) is 72.4 Å². The predicted octanol–water partition coefficient (Wildman–Crippen LogP) is 3.52. The molecule has 0 aromatic carbocycles. The van der Waals surface area contributed by atoms with Crippen LogP contribution >= 0.6 is 0 Å². The van der Waals surface area contributed by atoms with Crippen LogP contribution in [0.3, 0.4) is 0 Å². The SMILES string of the molecule is CC(C)CCC(C)NCCCCN(C)C(C)C. The first-order chi connectivity index (χ1) is 7.93. The van der Waals surface area contributed by atoms with Gasteiger partial charge >= 0.3 is 0 Å². The molecule has 0 aliphatic carbocycles. The monoisotopic (exact) mass is 242 g/mol. The second-order valence-corrected chi connectivity index (χ2v) is 6.11. The van der Waals surface area contributed by atoms with Crippen molar-refractivity contribution >= 4 is 0 Å². The summed E-state index contributed by atoms with van der Waals surface area (Å²) in [6, 6.07) is 1.35. The van der Waals surface area contributed by atoms with Crippen LogP contribution in [0.4, 0.5) is 0 Å². The van der Waals surface area contributed by atoms with Crippen molar-refractivity contribution < 1.29 is 0 Å². The highest BCUT2D eigenvalue weighted by atomic mass is 15.1. The number of unbranched alkanes of at least 4 members (excludes halogenated alkanes) is 1. The quantitative estimate of drug-likeness (QED) is 0.590. The highest BCUT2D eigenvalue weighted by Gasteiger charge is 2.04. The molecule has 0 radical (unpaired) electrons. The molecule has 0 amide bonds. The fourth-order valence-corrected chi connectivity index (χ4v) is 1.78. The molecule has 0 rings (SSSR count). The van der Waals surface area contributed by atoms with Crippen LogP contribution < -0.4 is 5.32 Å². The Morgan fingerprint density at radius 1 is 0.941 bits per heavy atom. The summed E-state index contributed by atoms with van der Waals surface area (Å²) in [5.41, 5.74) is 0. The lowest BCUT2D eigenvalue weighted by molar-refractivity contribution is 0.267. The van der Waals surface area contributed by atoms with Gasteiger partial charge in [-0.2, -0.15) is 0 Å². The molecule has 0 spiro atoms. The van der Waals surface area contributed by atoms with E-state index in [1.54, 1.807) is 0 Å². The Balaban J connectivity index is 3.33. The van der Waals surface area contributed by atoms with Crippen LogP contribution in [0.1, 0.15) is 60.3 Å². The minimum absolute atomic E-state index is 0.674. The topological polar surface area (TPSA) is 15.3 Å².